The number of rotatable bonds is 6. The van der Waals surface area contributed by atoms with Crippen LogP contribution in [0.5, 0.6) is 0 Å². The Morgan fingerprint density at radius 3 is 0.873 bits per heavy atom. The average Bonchev–Trinajstić information content (AvgIpc) is 1.43. The summed E-state index contributed by atoms with van der Waals surface area (Å²) < 4.78 is 21.7. The standard InChI is InChI=1S/C50H34S2.C44H22S4.C30H16N2S2/c1-49(2)37-15-7-5-13-31(37)33-21-19-27(25-39(33)49)35-23-29-11-9-18-42-43(29)45-46-44-30(12-10-17-41(44)51-47(35)45)24-36(48(46)52-42)28-20-22-34-32-14-6-8-16-38(32)50(3,4)40(34)26-28;1-3-17-33-23(9-1)27-13-5-15-29(43(27)47-33)31-21-37-41-39-25(31)11-7-19-35(39)46-38-22-32(26-12-8-20-36(45-37)40(26)42(38)41)30-16-6-14-28-24-10-2-4-18-34(24)48-44(28)30;1-5-17-13-21(19-7-3-11-31-15-19)30-27-25(17)23(9-1)33-29-22(20-8-4-12-32-16-20)14-18-6-2-10-24(34-30)26(18)28(27)29/h5-26H,1-4H3;1-22H;1-16H. The zero-order chi connectivity index (χ0) is 88.0. The van der Waals surface area contributed by atoms with Crippen LogP contribution in [-0.2, 0) is 10.8 Å². The Kier molecular flexibility index (Phi) is 16.2. The lowest BCUT2D eigenvalue weighted by atomic mass is 9.81. The number of hydrogen-bond acceptors (Lipinski definition) is 10. The summed E-state index contributed by atoms with van der Waals surface area (Å²) in [7, 11) is 0. The highest BCUT2D eigenvalue weighted by Crippen LogP contribution is 2.63. The van der Waals surface area contributed by atoms with Crippen LogP contribution in [0.1, 0.15) is 49.9 Å². The fraction of sp³-hybridized carbons (Fsp3) is 0.0484. The van der Waals surface area contributed by atoms with Crippen molar-refractivity contribution in [2.24, 2.45) is 0 Å². The molecule has 0 spiro atoms. The summed E-state index contributed by atoms with van der Waals surface area (Å²) in [6, 6.07) is 128. The number of nitrogens with zero attached hydrogens (tertiary/aromatic N) is 2. The maximum atomic E-state index is 4.44. The van der Waals surface area contributed by atoms with Crippen LogP contribution >= 0.6 is 90.7 Å². The van der Waals surface area contributed by atoms with Crippen LogP contribution in [0.2, 0.25) is 0 Å². The molecule has 2 nitrogen and oxygen atoms in total. The Labute approximate surface area is 802 Å². The van der Waals surface area contributed by atoms with Crippen molar-refractivity contribution in [1.29, 1.82) is 0 Å². The van der Waals surface area contributed by atoms with Crippen molar-refractivity contribution in [2.45, 2.75) is 38.5 Å². The lowest BCUT2D eigenvalue weighted by Gasteiger charge is -2.25. The molecule has 8 aliphatic rings. The molecular formula is C124H72N2S8. The summed E-state index contributed by atoms with van der Waals surface area (Å²) in [5.74, 6) is 0. The number of benzene rings is 20. The molecule has 10 heteroatoms. The molecule has 32 rings (SSSR count). The van der Waals surface area contributed by atoms with Gasteiger partial charge in [-0.1, -0.05) is 258 Å². The number of hydrogen-bond donors (Lipinski definition) is 0. The van der Waals surface area contributed by atoms with Crippen molar-refractivity contribution in [3.63, 3.8) is 0 Å². The van der Waals surface area contributed by atoms with Gasteiger partial charge >= 0.3 is 0 Å². The fourth-order valence-electron chi connectivity index (χ4n) is 23.7. The molecule has 24 aromatic rings. The molecule has 0 amide bonds. The Balaban J connectivity index is 0.0000000980. The first kappa shape index (κ1) is 76.6. The molecule has 0 radical (unpaired) electrons. The second-order valence-corrected chi connectivity index (χ2v) is 45.9. The highest BCUT2D eigenvalue weighted by Gasteiger charge is 2.39. The topological polar surface area (TPSA) is 25.8 Å². The Morgan fingerprint density at radius 2 is 0.485 bits per heavy atom. The van der Waals surface area contributed by atoms with Gasteiger partial charge in [0, 0.05) is 243 Å². The van der Waals surface area contributed by atoms with Crippen molar-refractivity contribution < 1.29 is 0 Å². The van der Waals surface area contributed by atoms with Crippen molar-refractivity contribution in [3.05, 3.63) is 387 Å². The van der Waals surface area contributed by atoms with E-state index in [9.17, 15) is 0 Å². The summed E-state index contributed by atoms with van der Waals surface area (Å²) in [5.41, 5.74) is 34.9. The van der Waals surface area contributed by atoms with Crippen molar-refractivity contribution in [2.75, 3.05) is 0 Å². The monoisotopic (exact) mass is 1840 g/mol. The Morgan fingerprint density at radius 1 is 0.179 bits per heavy atom. The number of aromatic nitrogens is 2. The minimum atomic E-state index is -0.0483. The smallest absolute Gasteiger partial charge is 0.0441 e. The van der Waals surface area contributed by atoms with Crippen molar-refractivity contribution >= 4 is 252 Å². The van der Waals surface area contributed by atoms with Gasteiger partial charge < -0.3 is 0 Å². The summed E-state index contributed by atoms with van der Waals surface area (Å²) in [6.07, 6.45) is 7.65. The normalized spacial score (nSPS) is 13.5. The second kappa shape index (κ2) is 28.3. The van der Waals surface area contributed by atoms with Gasteiger partial charge in [0.05, 0.1) is 0 Å². The van der Waals surface area contributed by atoms with Gasteiger partial charge in [0.1, 0.15) is 0 Å². The third kappa shape index (κ3) is 10.7. The number of thiophene rings is 2. The Hall–Kier alpha value is -14.0. The molecule has 0 N–H and O–H groups in total. The molecule has 10 heterocycles. The minimum Gasteiger partial charge on any atom is -0.264 e. The zero-order valence-corrected chi connectivity index (χ0v) is 79.3. The van der Waals surface area contributed by atoms with Gasteiger partial charge in [0.25, 0.3) is 0 Å². The highest BCUT2D eigenvalue weighted by atomic mass is 32.1. The third-order valence-electron chi connectivity index (χ3n) is 29.7. The van der Waals surface area contributed by atoms with Crippen molar-refractivity contribution in [1.82, 2.24) is 9.97 Å². The van der Waals surface area contributed by atoms with Gasteiger partial charge in [-0.3, -0.25) is 9.97 Å². The first-order valence-corrected chi connectivity index (χ1v) is 52.3. The van der Waals surface area contributed by atoms with Gasteiger partial charge in [-0.25, -0.2) is 0 Å². The summed E-state index contributed by atoms with van der Waals surface area (Å²) in [4.78, 5) is 8.87. The largest absolute Gasteiger partial charge is 0.264 e. The Bertz CT molecular complexity index is 9540. The summed E-state index contributed by atoms with van der Waals surface area (Å²) in [5, 5.41) is 21.7. The fourth-order valence-corrected chi connectivity index (χ4v) is 33.6. The third-order valence-corrected chi connectivity index (χ3v) is 39.1. The van der Waals surface area contributed by atoms with Gasteiger partial charge in [0.15, 0.2) is 0 Å². The molecule has 6 aliphatic heterocycles. The van der Waals surface area contributed by atoms with Crippen LogP contribution < -0.4 is 0 Å². The summed E-state index contributed by atoms with van der Waals surface area (Å²) in [6.45, 7) is 9.55. The van der Waals surface area contributed by atoms with E-state index >= 15 is 0 Å². The van der Waals surface area contributed by atoms with Crippen LogP contribution in [0.3, 0.4) is 0 Å². The first-order valence-electron chi connectivity index (χ1n) is 45.7. The van der Waals surface area contributed by atoms with Gasteiger partial charge in [0.2, 0.25) is 0 Å². The molecule has 0 fully saturated rings. The van der Waals surface area contributed by atoms with Crippen molar-refractivity contribution in [3.8, 4) is 122 Å². The van der Waals surface area contributed by atoms with E-state index in [0.717, 1.165) is 11.1 Å². The van der Waals surface area contributed by atoms with Crippen LogP contribution in [0, 0.1) is 0 Å². The molecule has 20 aromatic carbocycles. The van der Waals surface area contributed by atoms with E-state index in [1.807, 2.05) is 128 Å². The second-order valence-electron chi connectivity index (χ2n) is 37.4. The van der Waals surface area contributed by atoms with E-state index in [0.29, 0.717) is 0 Å². The van der Waals surface area contributed by atoms with E-state index in [1.54, 1.807) is 0 Å². The maximum Gasteiger partial charge on any atom is 0.0441 e. The summed E-state index contributed by atoms with van der Waals surface area (Å²) >= 11 is 15.5. The number of fused-ring (bicyclic) bond motifs is 12. The van der Waals surface area contributed by atoms with Gasteiger partial charge in [-0.2, -0.15) is 0 Å². The van der Waals surface area contributed by atoms with E-state index < -0.39 is 0 Å². The van der Waals surface area contributed by atoms with Gasteiger partial charge in [-0.15, -0.1) is 90.7 Å². The molecule has 0 atom stereocenters. The first-order chi connectivity index (χ1) is 65.9. The highest BCUT2D eigenvalue weighted by molar-refractivity contribution is 7.30. The van der Waals surface area contributed by atoms with E-state index in [-0.39, 0.29) is 10.8 Å². The van der Waals surface area contributed by atoms with Crippen LogP contribution in [0.15, 0.2) is 365 Å². The quantitative estimate of drug-likeness (QED) is 0.122. The van der Waals surface area contributed by atoms with Crippen LogP contribution in [0.4, 0.5) is 0 Å². The predicted molar refractivity (Wildman–Crippen MR) is 589 cm³/mol. The maximum absolute atomic E-state index is 4.44. The average molecular weight is 1850 g/mol. The van der Waals surface area contributed by atoms with Crippen LogP contribution in [-0.4, -0.2) is 9.97 Å². The molecule has 626 valence electrons. The van der Waals surface area contributed by atoms with Gasteiger partial charge in [-0.05, 0) is 208 Å². The molecule has 0 unspecified atom stereocenters. The number of pyridine rings is 2. The van der Waals surface area contributed by atoms with E-state index in [1.165, 1.54) is 295 Å². The van der Waals surface area contributed by atoms with Crippen LogP contribution in [0.25, 0.3) is 284 Å². The molecule has 134 heavy (non-hydrogen) atoms. The molecule has 0 saturated carbocycles. The molecular weight excluding hydrogens is 1770 g/mol. The lowest BCUT2D eigenvalue weighted by Crippen LogP contribution is -2.14. The SMILES string of the molecule is CC1(C)c2ccccc2-c2ccc(-c3cc4cccc5sc6c(-c7ccc8c(c7)C(C)(C)c7ccccc7-8)cc7cccc8sc3c(c45)-c6c78)cc21.c1ccc2c(c1)sc1c(-c3cc4sc5cccc6c(-c7cccc8c7sc7ccccc78)cc7sc8cccc3c8c4-c7c56)cccc12.c1cncc(-c2cc3cccc4sc5c(-c6cccnc6)cc6cccc7sc2c(c34)-c5c67)c1. The zero-order valence-electron chi connectivity index (χ0n) is 72.8. The molecule has 0 saturated heterocycles. The minimum absolute atomic E-state index is 0.0483. The predicted octanol–water partition coefficient (Wildman–Crippen LogP) is 39.0. The lowest BCUT2D eigenvalue weighted by molar-refractivity contribution is 0.660. The molecule has 2 aliphatic carbocycles. The van der Waals surface area contributed by atoms with E-state index in [4.69, 9.17) is 0 Å². The molecule has 0 bridgehead atoms. The molecule has 4 aromatic heterocycles. The van der Waals surface area contributed by atoms with E-state index in [2.05, 4.69) is 365 Å².